The normalized spacial score (nSPS) is 17.4. The summed E-state index contributed by atoms with van der Waals surface area (Å²) in [7, 11) is 0. The number of hydrogen-bond acceptors (Lipinski definition) is 5. The summed E-state index contributed by atoms with van der Waals surface area (Å²) >= 11 is 0. The van der Waals surface area contributed by atoms with Crippen LogP contribution in [0.15, 0.2) is 24.3 Å². The van der Waals surface area contributed by atoms with Crippen LogP contribution in [-0.2, 0) is 9.53 Å². The fourth-order valence-corrected chi connectivity index (χ4v) is 2.78. The third-order valence-corrected chi connectivity index (χ3v) is 3.95. The predicted molar refractivity (Wildman–Crippen MR) is 88.8 cm³/mol. The first-order chi connectivity index (χ1) is 11.1. The molecule has 1 fully saturated rings. The van der Waals surface area contributed by atoms with Crippen LogP contribution < -0.4 is 4.90 Å². The number of nitro groups is 1. The molecule has 132 valence electrons. The van der Waals surface area contributed by atoms with E-state index in [9.17, 15) is 19.3 Å². The van der Waals surface area contributed by atoms with Crippen LogP contribution in [0.25, 0.3) is 0 Å². The molecular weight excluding hydrogens is 315 g/mol. The van der Waals surface area contributed by atoms with E-state index in [4.69, 9.17) is 4.74 Å². The minimum atomic E-state index is -1.58. The molecule has 1 saturated heterocycles. The van der Waals surface area contributed by atoms with Gasteiger partial charge in [0.1, 0.15) is 11.3 Å². The van der Waals surface area contributed by atoms with Crippen LogP contribution in [0.1, 0.15) is 40.0 Å². The molecule has 24 heavy (non-hydrogen) atoms. The molecule has 1 heterocycles. The number of alkyl halides is 1. The number of anilines is 1. The van der Waals surface area contributed by atoms with E-state index in [-0.39, 0.29) is 24.9 Å². The van der Waals surface area contributed by atoms with Gasteiger partial charge in [-0.15, -0.1) is 0 Å². The third-order valence-electron chi connectivity index (χ3n) is 3.95. The molecule has 0 N–H and O–H groups in total. The third kappa shape index (κ3) is 4.91. The van der Waals surface area contributed by atoms with Gasteiger partial charge >= 0.3 is 5.97 Å². The molecule has 0 atom stereocenters. The molecule has 1 aromatic carbocycles. The van der Waals surface area contributed by atoms with Crippen molar-refractivity contribution in [1.82, 2.24) is 0 Å². The molecule has 1 aromatic rings. The molecule has 2 rings (SSSR count). The highest BCUT2D eigenvalue weighted by Gasteiger charge is 2.38. The van der Waals surface area contributed by atoms with E-state index in [1.807, 2.05) is 4.90 Å². The molecule has 6 nitrogen and oxygen atoms in total. The first kappa shape index (κ1) is 18.2. The highest BCUT2D eigenvalue weighted by molar-refractivity contribution is 5.71. The van der Waals surface area contributed by atoms with Crippen molar-refractivity contribution >= 4 is 17.3 Å². The Morgan fingerprint density at radius 1 is 1.38 bits per heavy atom. The van der Waals surface area contributed by atoms with Gasteiger partial charge in [-0.05, 0) is 39.7 Å². The fraction of sp³-hybridized carbons (Fsp3) is 0.588. The lowest BCUT2D eigenvalue weighted by Crippen LogP contribution is -2.43. The lowest BCUT2D eigenvalue weighted by Gasteiger charge is -2.37. The number of benzene rings is 1. The van der Waals surface area contributed by atoms with Crippen molar-refractivity contribution in [2.45, 2.75) is 51.3 Å². The SMILES string of the molecule is CC(C)(C)OC(=O)CC1(F)CCN(c2cccc([N+](=O)[O-])c2)CC1. The Morgan fingerprint density at radius 2 is 2.00 bits per heavy atom. The van der Waals surface area contributed by atoms with Gasteiger partial charge in [0, 0.05) is 30.9 Å². The minimum Gasteiger partial charge on any atom is -0.460 e. The van der Waals surface area contributed by atoms with Crippen LogP contribution in [0.2, 0.25) is 0 Å². The smallest absolute Gasteiger partial charge is 0.309 e. The number of ether oxygens (including phenoxy) is 1. The van der Waals surface area contributed by atoms with Crippen molar-refractivity contribution in [3.8, 4) is 0 Å². The fourth-order valence-electron chi connectivity index (χ4n) is 2.78. The number of halogens is 1. The number of nitrogens with zero attached hydrogens (tertiary/aromatic N) is 2. The zero-order chi connectivity index (χ0) is 18.0. The molecule has 7 heteroatoms. The summed E-state index contributed by atoms with van der Waals surface area (Å²) in [6.45, 7) is 6.06. The molecule has 0 amide bonds. The summed E-state index contributed by atoms with van der Waals surface area (Å²) in [4.78, 5) is 24.2. The highest BCUT2D eigenvalue weighted by Crippen LogP contribution is 2.33. The number of carbonyl (C=O) groups excluding carboxylic acids is 1. The Labute approximate surface area is 140 Å². The number of hydrogen-bond donors (Lipinski definition) is 0. The maximum absolute atomic E-state index is 14.9. The van der Waals surface area contributed by atoms with E-state index in [0.717, 1.165) is 0 Å². The van der Waals surface area contributed by atoms with Crippen LogP contribution in [0, 0.1) is 10.1 Å². The number of rotatable bonds is 4. The lowest BCUT2D eigenvalue weighted by atomic mass is 9.89. The Balaban J connectivity index is 1.96. The Morgan fingerprint density at radius 3 is 2.54 bits per heavy atom. The van der Waals surface area contributed by atoms with Gasteiger partial charge in [0.2, 0.25) is 0 Å². The van der Waals surface area contributed by atoms with E-state index >= 15 is 0 Å². The molecule has 1 aliphatic rings. The summed E-state index contributed by atoms with van der Waals surface area (Å²) in [6.07, 6.45) is 0.122. The number of esters is 1. The molecule has 0 aromatic heterocycles. The van der Waals surface area contributed by atoms with Crippen LogP contribution >= 0.6 is 0 Å². The van der Waals surface area contributed by atoms with Gasteiger partial charge in [0.15, 0.2) is 0 Å². The summed E-state index contributed by atoms with van der Waals surface area (Å²) in [5.41, 5.74) is -1.50. The van der Waals surface area contributed by atoms with Crippen molar-refractivity contribution in [3.05, 3.63) is 34.4 Å². The van der Waals surface area contributed by atoms with Gasteiger partial charge in [-0.1, -0.05) is 6.07 Å². The number of non-ortho nitro benzene ring substituents is 1. The summed E-state index contributed by atoms with van der Waals surface area (Å²) in [5, 5.41) is 10.8. The second-order valence-corrected chi connectivity index (χ2v) is 7.18. The van der Waals surface area contributed by atoms with E-state index in [1.165, 1.54) is 12.1 Å². The summed E-state index contributed by atoms with van der Waals surface area (Å²) in [5.74, 6) is -0.534. The molecule has 0 bridgehead atoms. The van der Waals surface area contributed by atoms with Crippen molar-refractivity contribution in [1.29, 1.82) is 0 Å². The highest BCUT2D eigenvalue weighted by atomic mass is 19.1. The average Bonchev–Trinajstić information content (AvgIpc) is 2.45. The quantitative estimate of drug-likeness (QED) is 0.476. The van der Waals surface area contributed by atoms with Crippen LogP contribution in [0.4, 0.5) is 15.8 Å². The second-order valence-electron chi connectivity index (χ2n) is 7.18. The van der Waals surface area contributed by atoms with Crippen molar-refractivity contribution in [2.24, 2.45) is 0 Å². The van der Waals surface area contributed by atoms with Gasteiger partial charge in [0.25, 0.3) is 5.69 Å². The van der Waals surface area contributed by atoms with Crippen molar-refractivity contribution in [2.75, 3.05) is 18.0 Å². The van der Waals surface area contributed by atoms with Crippen LogP contribution in [0.5, 0.6) is 0 Å². The topological polar surface area (TPSA) is 72.7 Å². The summed E-state index contributed by atoms with van der Waals surface area (Å²) in [6, 6.07) is 6.30. The summed E-state index contributed by atoms with van der Waals surface area (Å²) < 4.78 is 20.1. The Hall–Kier alpha value is -2.18. The molecule has 0 aliphatic carbocycles. The number of piperidine rings is 1. The maximum Gasteiger partial charge on any atom is 0.309 e. The van der Waals surface area contributed by atoms with Gasteiger partial charge in [-0.2, -0.15) is 0 Å². The first-order valence-electron chi connectivity index (χ1n) is 7.98. The van der Waals surface area contributed by atoms with Gasteiger partial charge in [-0.25, -0.2) is 4.39 Å². The largest absolute Gasteiger partial charge is 0.460 e. The maximum atomic E-state index is 14.9. The molecule has 0 unspecified atom stereocenters. The molecular formula is C17H23FN2O4. The standard InChI is InChI=1S/C17H23FN2O4/c1-16(2,3)24-15(21)12-17(18)7-9-19(10-8-17)13-5-4-6-14(11-13)20(22)23/h4-6,11H,7-10,12H2,1-3H3. The number of nitro benzene ring substituents is 1. The molecule has 1 aliphatic heterocycles. The van der Waals surface area contributed by atoms with Crippen molar-refractivity contribution in [3.63, 3.8) is 0 Å². The second kappa shape index (κ2) is 6.75. The molecule has 0 saturated carbocycles. The van der Waals surface area contributed by atoms with E-state index < -0.39 is 22.2 Å². The van der Waals surface area contributed by atoms with E-state index in [0.29, 0.717) is 18.8 Å². The van der Waals surface area contributed by atoms with Crippen LogP contribution in [0.3, 0.4) is 0 Å². The first-order valence-corrected chi connectivity index (χ1v) is 7.98. The van der Waals surface area contributed by atoms with E-state index in [1.54, 1.807) is 32.9 Å². The lowest BCUT2D eigenvalue weighted by molar-refractivity contribution is -0.384. The predicted octanol–water partition coefficient (Wildman–Crippen LogP) is 3.64. The van der Waals surface area contributed by atoms with Gasteiger partial charge in [0.05, 0.1) is 11.3 Å². The van der Waals surface area contributed by atoms with Gasteiger partial charge in [-0.3, -0.25) is 14.9 Å². The van der Waals surface area contributed by atoms with Gasteiger partial charge < -0.3 is 9.64 Å². The van der Waals surface area contributed by atoms with E-state index in [2.05, 4.69) is 0 Å². The zero-order valence-corrected chi connectivity index (χ0v) is 14.3. The van der Waals surface area contributed by atoms with Crippen molar-refractivity contribution < 1.29 is 18.8 Å². The molecule has 0 radical (unpaired) electrons. The van der Waals surface area contributed by atoms with Crippen LogP contribution in [-0.4, -0.2) is 35.3 Å². The average molecular weight is 338 g/mol. The molecule has 0 spiro atoms. The number of carbonyl (C=O) groups is 1. The minimum absolute atomic E-state index is 0.0124. The zero-order valence-electron chi connectivity index (χ0n) is 14.3. The Kier molecular flexibility index (Phi) is 5.11. The monoisotopic (exact) mass is 338 g/mol. The Bertz CT molecular complexity index is 619.